The van der Waals surface area contributed by atoms with E-state index < -0.39 is 0 Å². The maximum absolute atomic E-state index is 13.4. The van der Waals surface area contributed by atoms with Crippen molar-refractivity contribution in [2.24, 2.45) is 0 Å². The van der Waals surface area contributed by atoms with E-state index >= 15 is 0 Å². The van der Waals surface area contributed by atoms with Gasteiger partial charge in [-0.15, -0.1) is 16.9 Å². The maximum Gasteiger partial charge on any atom is 0.241 e. The topological polar surface area (TPSA) is 75.9 Å². The maximum atomic E-state index is 13.4. The zero-order valence-corrected chi connectivity index (χ0v) is 20.7. The molecule has 1 saturated heterocycles. The lowest BCUT2D eigenvalue weighted by Crippen LogP contribution is -2.39. The van der Waals surface area contributed by atoms with Gasteiger partial charge in [0.25, 0.3) is 0 Å². The molecule has 8 heteroatoms. The van der Waals surface area contributed by atoms with Crippen LogP contribution in [-0.4, -0.2) is 49.9 Å². The molecule has 0 unspecified atom stereocenters. The van der Waals surface area contributed by atoms with E-state index in [4.69, 9.17) is 0 Å². The standard InChI is InChI=1S/C27H28N6OS/c1-19-6-3-4-9-25(19)21-12-10-20(11-13-21)16-32-17-23(33-18-28-30-31-33)15-26(32)27(34)29-22-7-5-8-24(14-22)35-2/h3-14,18,23,26H,15-17H2,1-2H3,(H,29,34)/t23-,26-/m0/s1. The van der Waals surface area contributed by atoms with Crippen molar-refractivity contribution < 1.29 is 4.79 Å². The van der Waals surface area contributed by atoms with E-state index in [-0.39, 0.29) is 18.0 Å². The second-order valence-corrected chi connectivity index (χ2v) is 9.74. The number of anilines is 1. The van der Waals surface area contributed by atoms with Crippen molar-refractivity contribution in [1.82, 2.24) is 25.1 Å². The van der Waals surface area contributed by atoms with Crippen molar-refractivity contribution in [1.29, 1.82) is 0 Å². The van der Waals surface area contributed by atoms with Crippen molar-refractivity contribution in [2.75, 3.05) is 18.1 Å². The predicted octanol–water partition coefficient (Wildman–Crippen LogP) is 4.82. The first-order chi connectivity index (χ1) is 17.1. The third-order valence-corrected chi connectivity index (χ3v) is 7.28. The van der Waals surface area contributed by atoms with Crippen LogP contribution >= 0.6 is 11.8 Å². The molecular formula is C27H28N6OS. The molecule has 0 spiro atoms. The minimum absolute atomic E-state index is 0.00430. The van der Waals surface area contributed by atoms with Crippen molar-refractivity contribution in [3.8, 4) is 11.1 Å². The number of aryl methyl sites for hydroxylation is 1. The Bertz CT molecular complexity index is 1290. The molecule has 1 aliphatic rings. The Morgan fingerprint density at radius 1 is 1.09 bits per heavy atom. The summed E-state index contributed by atoms with van der Waals surface area (Å²) in [5.41, 5.74) is 5.68. The number of likely N-dealkylation sites (tertiary alicyclic amines) is 1. The molecule has 2 heterocycles. The highest BCUT2D eigenvalue weighted by molar-refractivity contribution is 7.98. The minimum atomic E-state index is -0.279. The lowest BCUT2D eigenvalue weighted by molar-refractivity contribution is -0.120. The Morgan fingerprint density at radius 3 is 2.66 bits per heavy atom. The molecule has 0 saturated carbocycles. The average Bonchev–Trinajstić information content (AvgIpc) is 3.55. The van der Waals surface area contributed by atoms with Gasteiger partial charge in [0.2, 0.25) is 5.91 Å². The zero-order valence-electron chi connectivity index (χ0n) is 19.8. The summed E-state index contributed by atoms with van der Waals surface area (Å²) in [5, 5.41) is 14.8. The third-order valence-electron chi connectivity index (χ3n) is 6.56. The van der Waals surface area contributed by atoms with Gasteiger partial charge >= 0.3 is 0 Å². The van der Waals surface area contributed by atoms with Crippen LogP contribution in [0.1, 0.15) is 23.6 Å². The van der Waals surface area contributed by atoms with Crippen LogP contribution in [0.25, 0.3) is 11.1 Å². The molecule has 0 radical (unpaired) electrons. The van der Waals surface area contributed by atoms with E-state index in [0.29, 0.717) is 19.5 Å². The molecular weight excluding hydrogens is 456 g/mol. The minimum Gasteiger partial charge on any atom is -0.325 e. The summed E-state index contributed by atoms with van der Waals surface area (Å²) < 4.78 is 1.76. The number of amides is 1. The smallest absolute Gasteiger partial charge is 0.241 e. The fraction of sp³-hybridized carbons (Fsp3) is 0.259. The fourth-order valence-electron chi connectivity index (χ4n) is 4.70. The van der Waals surface area contributed by atoms with E-state index in [2.05, 4.69) is 81.2 Å². The largest absolute Gasteiger partial charge is 0.325 e. The molecule has 2 atom stereocenters. The van der Waals surface area contributed by atoms with Crippen molar-refractivity contribution in [3.63, 3.8) is 0 Å². The molecule has 1 amide bonds. The van der Waals surface area contributed by atoms with E-state index in [1.54, 1.807) is 22.8 Å². The van der Waals surface area contributed by atoms with Gasteiger partial charge in [0.15, 0.2) is 0 Å². The second kappa shape index (κ2) is 10.4. The summed E-state index contributed by atoms with van der Waals surface area (Å²) in [5.74, 6) is -0.00430. The number of hydrogen-bond acceptors (Lipinski definition) is 6. The Hall–Kier alpha value is -3.49. The summed E-state index contributed by atoms with van der Waals surface area (Å²) in [7, 11) is 0. The number of nitrogens with one attached hydrogen (secondary N) is 1. The van der Waals surface area contributed by atoms with E-state index in [1.807, 2.05) is 30.5 Å². The Balaban J connectivity index is 1.34. The molecule has 5 rings (SSSR count). The van der Waals surface area contributed by atoms with Gasteiger partial charge in [-0.2, -0.15) is 0 Å². The van der Waals surface area contributed by atoms with Gasteiger partial charge < -0.3 is 5.32 Å². The molecule has 3 aromatic carbocycles. The van der Waals surface area contributed by atoms with Crippen LogP contribution in [0.5, 0.6) is 0 Å². The third kappa shape index (κ3) is 5.28. The normalized spacial score (nSPS) is 18.0. The summed E-state index contributed by atoms with van der Waals surface area (Å²) in [6.45, 7) is 3.51. The second-order valence-electron chi connectivity index (χ2n) is 8.86. The summed E-state index contributed by atoms with van der Waals surface area (Å²) >= 11 is 1.66. The monoisotopic (exact) mass is 484 g/mol. The molecule has 0 bridgehead atoms. The number of rotatable bonds is 7. The summed E-state index contributed by atoms with van der Waals surface area (Å²) in [6, 6.07) is 24.7. The van der Waals surface area contributed by atoms with E-state index in [9.17, 15) is 4.79 Å². The van der Waals surface area contributed by atoms with E-state index in [1.165, 1.54) is 22.3 Å². The number of thioether (sulfide) groups is 1. The predicted molar refractivity (Wildman–Crippen MR) is 139 cm³/mol. The van der Waals surface area contributed by atoms with Crippen molar-refractivity contribution in [3.05, 3.63) is 90.3 Å². The van der Waals surface area contributed by atoms with Crippen molar-refractivity contribution >= 4 is 23.4 Å². The highest BCUT2D eigenvalue weighted by Gasteiger charge is 2.38. The first kappa shape index (κ1) is 23.3. The first-order valence-electron chi connectivity index (χ1n) is 11.7. The van der Waals surface area contributed by atoms with Gasteiger partial charge in [-0.05, 0) is 70.5 Å². The molecule has 4 aromatic rings. The molecule has 1 N–H and O–H groups in total. The average molecular weight is 485 g/mol. The SMILES string of the molecule is CSc1cccc(NC(=O)[C@@H]2C[C@H](n3cnnn3)CN2Cc2ccc(-c3ccccc3C)cc2)c1. The number of tetrazole rings is 1. The van der Waals surface area contributed by atoms with Crippen LogP contribution in [-0.2, 0) is 11.3 Å². The van der Waals surface area contributed by atoms with Crippen LogP contribution in [0.3, 0.4) is 0 Å². The zero-order chi connectivity index (χ0) is 24.2. The summed E-state index contributed by atoms with van der Waals surface area (Å²) in [4.78, 5) is 16.7. The quantitative estimate of drug-likeness (QED) is 0.379. The van der Waals surface area contributed by atoms with Crippen LogP contribution in [0, 0.1) is 6.92 Å². The van der Waals surface area contributed by atoms with Crippen molar-refractivity contribution in [2.45, 2.75) is 36.9 Å². The van der Waals surface area contributed by atoms with Gasteiger partial charge in [-0.25, -0.2) is 4.68 Å². The number of carbonyl (C=O) groups is 1. The van der Waals surface area contributed by atoms with Crippen LogP contribution in [0.15, 0.2) is 84.0 Å². The molecule has 1 fully saturated rings. The highest BCUT2D eigenvalue weighted by Crippen LogP contribution is 2.30. The Kier molecular flexibility index (Phi) is 6.92. The van der Waals surface area contributed by atoms with Crippen LogP contribution < -0.4 is 5.32 Å². The number of aromatic nitrogens is 4. The van der Waals surface area contributed by atoms with Gasteiger partial charge in [-0.3, -0.25) is 9.69 Å². The van der Waals surface area contributed by atoms with Gasteiger partial charge in [0.1, 0.15) is 6.33 Å². The fourth-order valence-corrected chi connectivity index (χ4v) is 5.16. The highest BCUT2D eigenvalue weighted by atomic mass is 32.2. The number of nitrogens with zero attached hydrogens (tertiary/aromatic N) is 5. The Morgan fingerprint density at radius 2 is 1.91 bits per heavy atom. The Labute approximate surface area is 209 Å². The lowest BCUT2D eigenvalue weighted by Gasteiger charge is -2.23. The molecule has 0 aliphatic carbocycles. The number of hydrogen-bond donors (Lipinski definition) is 1. The number of carbonyl (C=O) groups excluding carboxylic acids is 1. The molecule has 35 heavy (non-hydrogen) atoms. The van der Waals surface area contributed by atoms with Gasteiger partial charge in [0.05, 0.1) is 12.1 Å². The summed E-state index contributed by atoms with van der Waals surface area (Å²) in [6.07, 6.45) is 4.31. The molecule has 1 aromatic heterocycles. The van der Waals surface area contributed by atoms with Gasteiger partial charge in [-0.1, -0.05) is 54.6 Å². The van der Waals surface area contributed by atoms with Gasteiger partial charge in [0, 0.05) is 23.7 Å². The van der Waals surface area contributed by atoms with Crippen LogP contribution in [0.4, 0.5) is 5.69 Å². The first-order valence-corrected chi connectivity index (χ1v) is 12.9. The lowest BCUT2D eigenvalue weighted by atomic mass is 9.99. The molecule has 7 nitrogen and oxygen atoms in total. The molecule has 178 valence electrons. The van der Waals surface area contributed by atoms with Crippen LogP contribution in [0.2, 0.25) is 0 Å². The van der Waals surface area contributed by atoms with E-state index in [0.717, 1.165) is 10.6 Å². The number of benzene rings is 3. The molecule has 1 aliphatic heterocycles.